The number of allylic oxidation sites excluding steroid dienone is 1. The first-order valence-corrected chi connectivity index (χ1v) is 18.1. The van der Waals surface area contributed by atoms with Gasteiger partial charge in [0.2, 0.25) is 5.78 Å². The maximum Gasteiger partial charge on any atom is 0.357 e. The van der Waals surface area contributed by atoms with Gasteiger partial charge in [0.25, 0.3) is 5.91 Å². The van der Waals surface area contributed by atoms with E-state index in [9.17, 15) is 39.4 Å². The van der Waals surface area contributed by atoms with Gasteiger partial charge >= 0.3 is 7.60 Å². The number of nitrogens with zero attached hydrogens (tertiary/aromatic N) is 2. The zero-order chi connectivity index (χ0) is 37.7. The van der Waals surface area contributed by atoms with Gasteiger partial charge in [0.15, 0.2) is 17.2 Å². The molecule has 0 bridgehead atoms. The fourth-order valence-electron chi connectivity index (χ4n) is 7.63. The first-order chi connectivity index (χ1) is 24.0. The van der Waals surface area contributed by atoms with Gasteiger partial charge in [-0.25, -0.2) is 0 Å². The van der Waals surface area contributed by atoms with Crippen LogP contribution in [0.4, 0.5) is 11.4 Å². The smallest absolute Gasteiger partial charge is 0.357 e. The third kappa shape index (κ3) is 6.06. The van der Waals surface area contributed by atoms with Crippen molar-refractivity contribution in [2.24, 2.45) is 17.6 Å². The molecule has 0 fully saturated rings. The first-order valence-electron chi connectivity index (χ1n) is 16.5. The van der Waals surface area contributed by atoms with Crippen LogP contribution < -0.4 is 20.7 Å². The summed E-state index contributed by atoms with van der Waals surface area (Å²) in [4.78, 5) is 43.8. The Morgan fingerprint density at radius 2 is 1.69 bits per heavy atom. The molecule has 0 radical (unpaired) electrons. The molecular formula is C35H45N4O11P. The highest BCUT2D eigenvalue weighted by molar-refractivity contribution is 7.54. The van der Waals surface area contributed by atoms with Crippen LogP contribution in [0.5, 0.6) is 11.5 Å². The highest BCUT2D eigenvalue weighted by Gasteiger charge is 2.63. The fraction of sp³-hybridized carbons (Fsp3) is 0.457. The first kappa shape index (κ1) is 37.8. The summed E-state index contributed by atoms with van der Waals surface area (Å²) < 4.78 is 31.0. The Bertz CT molecular complexity index is 1860. The van der Waals surface area contributed by atoms with Crippen molar-refractivity contribution in [1.29, 1.82) is 0 Å². The number of rotatable bonds is 12. The summed E-state index contributed by atoms with van der Waals surface area (Å²) in [5.41, 5.74) is 2.67. The Labute approximate surface area is 295 Å². The topological polar surface area (TPSA) is 221 Å². The molecule has 0 saturated carbocycles. The lowest BCUT2D eigenvalue weighted by Crippen LogP contribution is -2.63. The molecule has 3 aliphatic rings. The molecule has 51 heavy (non-hydrogen) atoms. The molecule has 0 saturated heterocycles. The number of carbonyl (C=O) groups is 3. The second-order valence-corrected chi connectivity index (χ2v) is 15.3. The van der Waals surface area contributed by atoms with Crippen LogP contribution in [0.1, 0.15) is 47.5 Å². The van der Waals surface area contributed by atoms with E-state index in [1.54, 1.807) is 77.3 Å². The lowest BCUT2D eigenvalue weighted by molar-refractivity contribution is -0.148. The van der Waals surface area contributed by atoms with Crippen molar-refractivity contribution < 1.29 is 53.2 Å². The van der Waals surface area contributed by atoms with Gasteiger partial charge in [0.1, 0.15) is 28.6 Å². The van der Waals surface area contributed by atoms with Gasteiger partial charge in [0, 0.05) is 31.3 Å². The third-order valence-corrected chi connectivity index (χ3v) is 12.1. The minimum absolute atomic E-state index is 0.0116. The van der Waals surface area contributed by atoms with E-state index in [4.69, 9.17) is 19.5 Å². The van der Waals surface area contributed by atoms with E-state index in [0.717, 1.165) is 0 Å². The van der Waals surface area contributed by atoms with E-state index in [2.05, 4.69) is 5.32 Å². The number of aliphatic hydroxyl groups is 3. The number of carbonyl (C=O) groups excluding carboxylic acids is 3. The van der Waals surface area contributed by atoms with Crippen molar-refractivity contribution in [3.8, 4) is 11.5 Å². The van der Waals surface area contributed by atoms with Crippen molar-refractivity contribution in [2.75, 3.05) is 58.7 Å². The SMILES string of the molecule is CCOP(=O)(OCC)C(Nc1cc(N(C)C)c2c(c1O)C(=O)C1=C(O)[C@@]3(O)C(=O)C(C(N)=O)=C(O)[C@H](N(C)C)[C@H]3C[C@H]1C2)c1ccc(OC)cc1. The molecule has 3 aliphatic carbocycles. The number of methoxy groups -OCH3 is 1. The van der Waals surface area contributed by atoms with E-state index >= 15 is 0 Å². The van der Waals surface area contributed by atoms with Gasteiger partial charge in [-0.3, -0.25) is 23.8 Å². The van der Waals surface area contributed by atoms with Gasteiger partial charge in [-0.05, 0) is 76.0 Å². The Hall–Kier alpha value is -4.40. The molecule has 2 aromatic rings. The molecule has 1 unspecified atom stereocenters. The summed E-state index contributed by atoms with van der Waals surface area (Å²) in [5.74, 6) is -8.18. The maximum atomic E-state index is 14.5. The van der Waals surface area contributed by atoms with Gasteiger partial charge in [-0.2, -0.15) is 0 Å². The zero-order valence-electron chi connectivity index (χ0n) is 29.6. The minimum Gasteiger partial charge on any atom is -0.510 e. The average molecular weight is 729 g/mol. The molecule has 2 aromatic carbocycles. The number of primary amides is 1. The lowest BCUT2D eigenvalue weighted by atomic mass is 9.58. The van der Waals surface area contributed by atoms with Crippen LogP contribution >= 0.6 is 7.60 Å². The maximum absolute atomic E-state index is 14.5. The van der Waals surface area contributed by atoms with Crippen LogP contribution in [-0.4, -0.2) is 103 Å². The average Bonchev–Trinajstić information content (AvgIpc) is 3.05. The van der Waals surface area contributed by atoms with Gasteiger partial charge < -0.3 is 50.2 Å². The number of hydrogen-bond acceptors (Lipinski definition) is 14. The Morgan fingerprint density at radius 3 is 2.20 bits per heavy atom. The van der Waals surface area contributed by atoms with Gasteiger partial charge in [-0.1, -0.05) is 12.1 Å². The molecule has 276 valence electrons. The van der Waals surface area contributed by atoms with Crippen LogP contribution in [0.25, 0.3) is 0 Å². The molecule has 0 spiro atoms. The van der Waals surface area contributed by atoms with Crippen molar-refractivity contribution >= 4 is 36.4 Å². The Balaban J connectivity index is 1.70. The lowest BCUT2D eigenvalue weighted by Gasteiger charge is -2.50. The van der Waals surface area contributed by atoms with Gasteiger partial charge in [0.05, 0.1) is 37.6 Å². The largest absolute Gasteiger partial charge is 0.510 e. The van der Waals surface area contributed by atoms with Crippen LogP contribution in [-0.2, 0) is 29.6 Å². The van der Waals surface area contributed by atoms with Crippen LogP contribution in [0.3, 0.4) is 0 Å². The van der Waals surface area contributed by atoms with E-state index in [1.165, 1.54) is 12.0 Å². The second-order valence-electron chi connectivity index (χ2n) is 13.2. The third-order valence-electron chi connectivity index (χ3n) is 9.84. The quantitative estimate of drug-likeness (QED) is 0.105. The molecule has 15 nitrogen and oxygen atoms in total. The van der Waals surface area contributed by atoms with Crippen LogP contribution in [0.15, 0.2) is 53.0 Å². The number of likely N-dealkylation sites (N-methyl/N-ethyl adjacent to an activating group) is 1. The van der Waals surface area contributed by atoms with E-state index in [-0.39, 0.29) is 42.9 Å². The standard InChI is InChI=1S/C35H45N4O11P/c1-8-49-51(47,50-9-2)34(17-10-12-19(48-7)13-11-17)37-22-16-23(38(3)4)20-14-18-15-21-27(39(5)6)30(42)26(33(36)45)32(44)35(21,46)31(43)24(18)29(41)25(20)28(22)40/h10-13,16,18,21,27,34,37,40,42-43,46H,8-9,14-15H2,1-7H3,(H2,36,45)/t18-,21-,27-,34?,35-/m1/s1. The predicted octanol–water partition coefficient (Wildman–Crippen LogP) is 3.57. The predicted molar refractivity (Wildman–Crippen MR) is 188 cm³/mol. The zero-order valence-corrected chi connectivity index (χ0v) is 30.5. The summed E-state index contributed by atoms with van der Waals surface area (Å²) in [7, 11) is 4.14. The molecule has 7 N–H and O–H groups in total. The number of benzene rings is 2. The second kappa shape index (κ2) is 14.0. The number of ketones is 2. The van der Waals surface area contributed by atoms with Gasteiger partial charge in [-0.15, -0.1) is 0 Å². The van der Waals surface area contributed by atoms with E-state index in [1.807, 2.05) is 0 Å². The molecule has 5 rings (SSSR count). The minimum atomic E-state index is -3.99. The highest BCUT2D eigenvalue weighted by atomic mass is 31.2. The number of amides is 1. The summed E-state index contributed by atoms with van der Waals surface area (Å²) in [6.45, 7) is 3.41. The van der Waals surface area contributed by atoms with Crippen molar-refractivity contribution in [1.82, 2.24) is 4.90 Å². The number of anilines is 2. The number of phenols is 1. The number of Topliss-reactive ketones (excluding diaryl/α,β-unsaturated/α-hetero) is 2. The Kier molecular flexibility index (Phi) is 10.4. The van der Waals surface area contributed by atoms with E-state index < -0.39 is 77.2 Å². The van der Waals surface area contributed by atoms with E-state index in [0.29, 0.717) is 22.6 Å². The normalized spacial score (nSPS) is 23.8. The summed E-state index contributed by atoms with van der Waals surface area (Å²) in [6, 6.07) is 7.15. The van der Waals surface area contributed by atoms with Crippen molar-refractivity contribution in [3.05, 3.63) is 69.7 Å². The fourth-order valence-corrected chi connectivity index (χ4v) is 9.56. The molecule has 0 aliphatic heterocycles. The molecule has 5 atom stereocenters. The molecule has 16 heteroatoms. The summed E-state index contributed by atoms with van der Waals surface area (Å²) in [5, 5.41) is 49.7. The number of phenolic OH excluding ortho intramolecular Hbond substituents is 1. The van der Waals surface area contributed by atoms with Crippen LogP contribution in [0, 0.1) is 11.8 Å². The number of fused-ring (bicyclic) bond motifs is 3. The van der Waals surface area contributed by atoms with Crippen molar-refractivity contribution in [2.45, 2.75) is 44.1 Å². The summed E-state index contributed by atoms with van der Waals surface area (Å²) in [6.07, 6.45) is 0.0407. The van der Waals surface area contributed by atoms with Crippen LogP contribution in [0.2, 0.25) is 0 Å². The molecule has 0 heterocycles. The number of nitrogens with one attached hydrogen (secondary N) is 1. The highest BCUT2D eigenvalue weighted by Crippen LogP contribution is 2.62. The summed E-state index contributed by atoms with van der Waals surface area (Å²) >= 11 is 0. The monoisotopic (exact) mass is 728 g/mol. The number of ether oxygens (including phenoxy) is 1. The number of aromatic hydroxyl groups is 1. The van der Waals surface area contributed by atoms with Crippen molar-refractivity contribution in [3.63, 3.8) is 0 Å². The Morgan fingerprint density at radius 1 is 1.08 bits per heavy atom. The number of aliphatic hydroxyl groups excluding tert-OH is 2. The molecule has 0 aromatic heterocycles. The molecule has 1 amide bonds. The number of hydrogen-bond donors (Lipinski definition) is 6. The molecular weight excluding hydrogens is 683 g/mol. The number of nitrogens with two attached hydrogens (primary N) is 1.